The minimum absolute atomic E-state index is 0.0197. The number of ketones is 1. The highest BCUT2D eigenvalue weighted by molar-refractivity contribution is 6.13. The van der Waals surface area contributed by atoms with Crippen molar-refractivity contribution in [2.75, 3.05) is 52.4 Å². The van der Waals surface area contributed by atoms with Crippen molar-refractivity contribution < 1.29 is 51.8 Å². The zero-order valence-electron chi connectivity index (χ0n) is 60.7. The standard InChI is InChI=1S/C23H21F3N2O2.C23H23N3O2.C22H22N2O3.C21H22N2O/c24-23(25,26)21(29)19-14-27-20-7-6-17(13-18(19)20)22(30)28-10-8-16(9-11-28)12-15-4-2-1-3-5-15;1-24-22(27)20-15-25-21-8-7-18(14-19(20)21)23(28)26-11-9-17(10-12-26)13-16-5-3-2-4-6-16;25-21(17-6-7-20-18(13-17)19(14-23-20)22(26)27)24-10-8-16(9-11-24)12-15-4-2-1-3-5-15;24-21(19-6-7-20-18(15-19)8-11-22-20)23-12-9-17(10-13-23)14-16-4-2-1-3-5-16/h1-7,13-14,16,27H,8-12H2;2-8,14-15,17,25H,1,9-13H2;1-7,13-14,16,23H,8-12H2,(H,26,27);1-8,11,15,17,22H,9-10,12-14H2. The molecule has 4 fully saturated rings. The zero-order chi connectivity index (χ0) is 76.0. The van der Waals surface area contributed by atoms with Crippen LogP contribution in [0.15, 0.2) is 230 Å². The number of carbonyl (C=O) groups excluding carboxylic acids is 6. The summed E-state index contributed by atoms with van der Waals surface area (Å²) >= 11 is 0. The second kappa shape index (κ2) is 34.8. The van der Waals surface area contributed by atoms with Crippen LogP contribution in [0.2, 0.25) is 0 Å². The lowest BCUT2D eigenvalue weighted by Gasteiger charge is -2.32. The molecule has 109 heavy (non-hydrogen) atoms. The molecule has 4 aliphatic rings. The first kappa shape index (κ1) is 75.3. The van der Waals surface area contributed by atoms with Crippen LogP contribution < -0.4 is 0 Å². The highest BCUT2D eigenvalue weighted by Gasteiger charge is 2.41. The monoisotopic (exact) mass is 1470 g/mol. The van der Waals surface area contributed by atoms with Gasteiger partial charge in [0.25, 0.3) is 35.3 Å². The molecule has 8 heterocycles. The van der Waals surface area contributed by atoms with Gasteiger partial charge in [0.1, 0.15) is 0 Å². The summed E-state index contributed by atoms with van der Waals surface area (Å²) in [6.45, 7) is 9.26. The number of H-pyrrole nitrogens is 4. The average Bonchev–Trinajstić information content (AvgIpc) is 1.69. The van der Waals surface area contributed by atoms with Crippen LogP contribution in [0.3, 0.4) is 0 Å². The molecule has 0 aliphatic carbocycles. The average molecular weight is 1470 g/mol. The number of piperidine rings is 4. The van der Waals surface area contributed by atoms with Crippen LogP contribution in [-0.4, -0.2) is 151 Å². The number of alkyl halides is 3. The van der Waals surface area contributed by atoms with Crippen molar-refractivity contribution in [2.24, 2.45) is 28.7 Å². The number of nitrogens with one attached hydrogen (secondary N) is 4. The number of amides is 5. The van der Waals surface area contributed by atoms with E-state index >= 15 is 0 Å². The first-order chi connectivity index (χ1) is 52.9. The van der Waals surface area contributed by atoms with E-state index in [0.29, 0.717) is 75.3 Å². The molecule has 0 spiro atoms. The molecule has 0 bridgehead atoms. The molecule has 0 atom stereocenters. The Kier molecular flexibility index (Phi) is 24.0. The Bertz CT molecular complexity index is 5170. The summed E-state index contributed by atoms with van der Waals surface area (Å²) in [5.74, 6) is -0.964. The first-order valence-electron chi connectivity index (χ1n) is 37.5. The molecule has 4 saturated heterocycles. The number of aromatic carboxylic acids is 1. The molecular formula is C89H88F3N9O8. The van der Waals surface area contributed by atoms with Gasteiger partial charge in [-0.15, -0.1) is 0 Å². The van der Waals surface area contributed by atoms with Gasteiger partial charge in [-0.3, -0.25) is 28.8 Å². The van der Waals surface area contributed by atoms with Crippen molar-refractivity contribution in [3.05, 3.63) is 286 Å². The first-order valence-corrected chi connectivity index (χ1v) is 37.5. The number of halogens is 3. The summed E-state index contributed by atoms with van der Waals surface area (Å²) in [6.07, 6.45) is 13.2. The van der Waals surface area contributed by atoms with E-state index in [4.69, 9.17) is 0 Å². The van der Waals surface area contributed by atoms with E-state index < -0.39 is 29.4 Å². The second-order valence-electron chi connectivity index (χ2n) is 29.0. The predicted octanol–water partition coefficient (Wildman–Crippen LogP) is 17.3. The van der Waals surface area contributed by atoms with Crippen LogP contribution in [0.5, 0.6) is 0 Å². The van der Waals surface area contributed by atoms with Crippen molar-refractivity contribution in [1.82, 2.24) is 39.5 Å². The van der Waals surface area contributed by atoms with Crippen molar-refractivity contribution >= 4 is 91.6 Å². The van der Waals surface area contributed by atoms with Crippen molar-refractivity contribution in [2.45, 2.75) is 83.2 Å². The normalized spacial score (nSPS) is 15.3. The summed E-state index contributed by atoms with van der Waals surface area (Å²) in [5.41, 5.74) is 10.8. The fraction of sp³-hybridized carbons (Fsp3) is 0.281. The molecule has 4 aliphatic heterocycles. The third-order valence-electron chi connectivity index (χ3n) is 21.8. The van der Waals surface area contributed by atoms with E-state index in [9.17, 15) is 51.8 Å². The topological polar surface area (TPSA) is 228 Å². The molecule has 16 rings (SSSR count). The number of carboxylic acids is 1. The van der Waals surface area contributed by atoms with E-state index in [2.05, 4.69) is 123 Å². The van der Waals surface area contributed by atoms with E-state index in [1.54, 1.807) is 41.4 Å². The molecule has 17 nitrogen and oxygen atoms in total. The third-order valence-corrected chi connectivity index (χ3v) is 21.8. The maximum absolute atomic E-state index is 13.0. The zero-order valence-corrected chi connectivity index (χ0v) is 60.7. The van der Waals surface area contributed by atoms with Crippen LogP contribution in [0.25, 0.3) is 43.6 Å². The van der Waals surface area contributed by atoms with E-state index in [-0.39, 0.29) is 34.6 Å². The maximum Gasteiger partial charge on any atom is 0.454 e. The number of carbonyl (C=O) groups is 7. The number of aliphatic imine (C=N–C) groups is 1. The van der Waals surface area contributed by atoms with Crippen LogP contribution in [0.4, 0.5) is 13.2 Å². The molecule has 0 saturated carbocycles. The van der Waals surface area contributed by atoms with Gasteiger partial charge in [-0.05, 0) is 209 Å². The smallest absolute Gasteiger partial charge is 0.454 e. The quantitative estimate of drug-likeness (QED) is 0.0489. The molecule has 8 aromatic carbocycles. The lowest BCUT2D eigenvalue weighted by molar-refractivity contribution is -0.0884. The number of carboxylic acid groups (broad SMARTS) is 1. The van der Waals surface area contributed by atoms with Crippen molar-refractivity contribution in [1.29, 1.82) is 0 Å². The number of benzene rings is 8. The molecule has 12 aromatic rings. The largest absolute Gasteiger partial charge is 0.478 e. The fourth-order valence-corrected chi connectivity index (χ4v) is 15.6. The Balaban J connectivity index is 0.000000128. The van der Waals surface area contributed by atoms with Gasteiger partial charge in [0.2, 0.25) is 0 Å². The van der Waals surface area contributed by atoms with Gasteiger partial charge in [0.15, 0.2) is 0 Å². The number of fused-ring (bicyclic) bond motifs is 4. The lowest BCUT2D eigenvalue weighted by atomic mass is 9.90. The minimum atomic E-state index is -4.96. The maximum atomic E-state index is 13.0. The summed E-state index contributed by atoms with van der Waals surface area (Å²) < 4.78 is 38.5. The SMILES string of the molecule is C=NC(=O)c1c[nH]c2ccc(C(=O)N3CCC(Cc4ccccc4)CC3)cc12.O=C(O)c1c[nH]c2ccc(C(=O)N3CCC(Cc4ccccc4)CC3)cc12.O=C(c1ccc2[nH]cc(C(=O)C(F)(F)F)c2c1)N1CCC(Cc2ccccc2)CC1.O=C(c1ccc2[nH]ccc2c1)N1CCC(Cc2ccccc2)CC1. The molecular weight excluding hydrogens is 1380 g/mol. The highest BCUT2D eigenvalue weighted by atomic mass is 19.4. The van der Waals surface area contributed by atoms with Gasteiger partial charge >= 0.3 is 12.1 Å². The minimum Gasteiger partial charge on any atom is -0.478 e. The van der Waals surface area contributed by atoms with Gasteiger partial charge < -0.3 is 44.6 Å². The van der Waals surface area contributed by atoms with E-state index in [0.717, 1.165) is 150 Å². The van der Waals surface area contributed by atoms with Crippen LogP contribution in [0.1, 0.15) is 146 Å². The number of hydrogen-bond donors (Lipinski definition) is 5. The van der Waals surface area contributed by atoms with Gasteiger partial charge in [-0.25, -0.2) is 9.79 Å². The van der Waals surface area contributed by atoms with E-state index in [1.165, 1.54) is 40.6 Å². The predicted molar refractivity (Wildman–Crippen MR) is 420 cm³/mol. The van der Waals surface area contributed by atoms with Crippen molar-refractivity contribution in [3.8, 4) is 0 Å². The Morgan fingerprint density at radius 1 is 0.376 bits per heavy atom. The van der Waals surface area contributed by atoms with Gasteiger partial charge in [-0.1, -0.05) is 121 Å². The summed E-state index contributed by atoms with van der Waals surface area (Å²) in [5, 5.41) is 11.8. The number of aromatic nitrogens is 4. The molecule has 4 aromatic heterocycles. The van der Waals surface area contributed by atoms with Crippen LogP contribution in [-0.2, 0) is 25.7 Å². The Morgan fingerprint density at radius 2 is 0.670 bits per heavy atom. The Hall–Kier alpha value is -11.9. The van der Waals surface area contributed by atoms with Gasteiger partial charge in [-0.2, -0.15) is 13.2 Å². The number of Topliss-reactive ketones (excluding diaryl/α,β-unsaturated/α-hetero) is 1. The van der Waals surface area contributed by atoms with Crippen LogP contribution in [0, 0.1) is 23.7 Å². The fourth-order valence-electron chi connectivity index (χ4n) is 15.6. The molecule has 0 unspecified atom stereocenters. The molecule has 5 N–H and O–H groups in total. The summed E-state index contributed by atoms with van der Waals surface area (Å²) in [6, 6.07) is 65.0. The molecule has 0 radical (unpaired) electrons. The Labute approximate surface area is 630 Å². The molecule has 5 amide bonds. The molecule has 20 heteroatoms. The number of rotatable bonds is 15. The van der Waals surface area contributed by atoms with E-state index in [1.807, 2.05) is 87.6 Å². The number of hydrogen-bond acceptors (Lipinski definition) is 7. The Morgan fingerprint density at radius 3 is 0.991 bits per heavy atom. The number of aromatic amines is 4. The second-order valence-corrected chi connectivity index (χ2v) is 29.0. The van der Waals surface area contributed by atoms with Crippen LogP contribution >= 0.6 is 0 Å². The van der Waals surface area contributed by atoms with Gasteiger partial charge in [0, 0.05) is 143 Å². The number of likely N-dealkylation sites (tertiary alicyclic amines) is 4. The van der Waals surface area contributed by atoms with Crippen molar-refractivity contribution in [3.63, 3.8) is 0 Å². The number of nitrogens with zero attached hydrogens (tertiary/aromatic N) is 5. The highest BCUT2D eigenvalue weighted by Crippen LogP contribution is 2.33. The summed E-state index contributed by atoms with van der Waals surface area (Å²) in [4.78, 5) is 109. The van der Waals surface area contributed by atoms with Gasteiger partial charge in [0.05, 0.1) is 16.7 Å². The molecule has 558 valence electrons. The third kappa shape index (κ3) is 18.7. The lowest BCUT2D eigenvalue weighted by Crippen LogP contribution is -2.38. The summed E-state index contributed by atoms with van der Waals surface area (Å²) in [7, 11) is 0.